The van der Waals surface area contributed by atoms with Crippen LogP contribution in [-0.4, -0.2) is 38.1 Å². The molecule has 1 aromatic rings. The summed E-state index contributed by atoms with van der Waals surface area (Å²) >= 11 is 0. The van der Waals surface area contributed by atoms with Gasteiger partial charge in [-0.25, -0.2) is 4.79 Å². The average Bonchev–Trinajstić information content (AvgIpc) is 2.66. The van der Waals surface area contributed by atoms with Gasteiger partial charge in [-0.15, -0.1) is 0 Å². The van der Waals surface area contributed by atoms with Crippen molar-refractivity contribution in [1.29, 1.82) is 0 Å². The molecule has 0 aromatic heterocycles. The van der Waals surface area contributed by atoms with Gasteiger partial charge in [0.2, 0.25) is 0 Å². The minimum Gasteiger partial charge on any atom is -0.491 e. The Morgan fingerprint density at radius 1 is 0.897 bits per heavy atom. The fourth-order valence-corrected chi connectivity index (χ4v) is 2.90. The van der Waals surface area contributed by atoms with E-state index in [1.165, 1.54) is 50.5 Å². The molecule has 1 rings (SSSR count). The van der Waals surface area contributed by atoms with Crippen LogP contribution in [0.15, 0.2) is 24.3 Å². The van der Waals surface area contributed by atoms with Crippen LogP contribution in [0.2, 0.25) is 0 Å². The van der Waals surface area contributed by atoms with Gasteiger partial charge in [0.05, 0.1) is 13.2 Å². The molecule has 0 aliphatic rings. The van der Waals surface area contributed by atoms with Gasteiger partial charge in [-0.05, 0) is 51.3 Å². The molecule has 0 radical (unpaired) electrons. The van der Waals surface area contributed by atoms with E-state index < -0.39 is 11.7 Å². The molecule has 0 saturated carbocycles. The largest absolute Gasteiger partial charge is 0.491 e. The van der Waals surface area contributed by atoms with E-state index in [1.807, 2.05) is 32.9 Å². The molecule has 0 unspecified atom stereocenters. The minimum atomic E-state index is -0.484. The lowest BCUT2D eigenvalue weighted by molar-refractivity contribution is 0.0489. The quantitative estimate of drug-likeness (QED) is 0.368. The first-order valence-corrected chi connectivity index (χ1v) is 11.2. The van der Waals surface area contributed by atoms with Crippen molar-refractivity contribution in [2.75, 3.05) is 26.4 Å². The number of hydrogen-bond donors (Lipinski definition) is 1. The Morgan fingerprint density at radius 3 is 2.21 bits per heavy atom. The molecule has 0 saturated heterocycles. The summed E-state index contributed by atoms with van der Waals surface area (Å²) in [5.74, 6) is 0.865. The van der Waals surface area contributed by atoms with Crippen molar-refractivity contribution in [3.8, 4) is 5.75 Å². The fourth-order valence-electron chi connectivity index (χ4n) is 2.90. The maximum atomic E-state index is 11.5. The second-order valence-electron chi connectivity index (χ2n) is 8.40. The second-order valence-corrected chi connectivity index (χ2v) is 8.40. The molecule has 0 heterocycles. The molecule has 1 amide bonds. The summed E-state index contributed by atoms with van der Waals surface area (Å²) in [4.78, 5) is 11.5. The first-order valence-electron chi connectivity index (χ1n) is 11.2. The molecule has 0 aliphatic carbocycles. The van der Waals surface area contributed by atoms with Crippen LogP contribution in [0.5, 0.6) is 5.75 Å². The molecule has 5 nitrogen and oxygen atoms in total. The van der Waals surface area contributed by atoms with Crippen LogP contribution in [-0.2, 0) is 15.9 Å². The molecule has 0 bridgehead atoms. The number of unbranched alkanes of at least 4 members (excludes halogenated alkanes) is 6. The highest BCUT2D eigenvalue weighted by Gasteiger charge is 2.15. The van der Waals surface area contributed by atoms with E-state index in [0.29, 0.717) is 26.4 Å². The Labute approximate surface area is 177 Å². The molecule has 166 valence electrons. The Kier molecular flexibility index (Phi) is 13.2. The molecule has 5 heteroatoms. The van der Waals surface area contributed by atoms with E-state index in [0.717, 1.165) is 12.2 Å². The molecule has 1 aromatic carbocycles. The van der Waals surface area contributed by atoms with Gasteiger partial charge in [-0.3, -0.25) is 0 Å². The third-order valence-corrected chi connectivity index (χ3v) is 4.40. The molecular formula is C24H41NO4. The zero-order valence-electron chi connectivity index (χ0n) is 18.9. The summed E-state index contributed by atoms with van der Waals surface area (Å²) in [5.41, 5.74) is 0.887. The van der Waals surface area contributed by atoms with E-state index in [2.05, 4.69) is 24.4 Å². The number of alkyl carbamates (subject to hydrolysis) is 1. The first-order chi connectivity index (χ1) is 13.9. The summed E-state index contributed by atoms with van der Waals surface area (Å²) in [6, 6.07) is 8.36. The maximum Gasteiger partial charge on any atom is 0.407 e. The summed E-state index contributed by atoms with van der Waals surface area (Å²) in [7, 11) is 0. The number of aryl methyl sites for hydroxylation is 1. The van der Waals surface area contributed by atoms with Crippen molar-refractivity contribution in [1.82, 2.24) is 5.32 Å². The lowest BCUT2D eigenvalue weighted by Gasteiger charge is -2.19. The van der Waals surface area contributed by atoms with Crippen molar-refractivity contribution in [3.63, 3.8) is 0 Å². The smallest absolute Gasteiger partial charge is 0.407 e. The van der Waals surface area contributed by atoms with Crippen LogP contribution >= 0.6 is 0 Å². The predicted molar refractivity (Wildman–Crippen MR) is 119 cm³/mol. The number of carbonyl (C=O) groups excluding carboxylic acids is 1. The van der Waals surface area contributed by atoms with Crippen LogP contribution in [0.25, 0.3) is 0 Å². The third-order valence-electron chi connectivity index (χ3n) is 4.40. The van der Waals surface area contributed by atoms with Gasteiger partial charge >= 0.3 is 6.09 Å². The van der Waals surface area contributed by atoms with Gasteiger partial charge in [0.15, 0.2) is 0 Å². The highest BCUT2D eigenvalue weighted by molar-refractivity contribution is 5.67. The van der Waals surface area contributed by atoms with E-state index in [4.69, 9.17) is 14.2 Å². The number of nitrogens with one attached hydrogen (secondary N) is 1. The number of carbonyl (C=O) groups is 1. The van der Waals surface area contributed by atoms with Gasteiger partial charge in [-0.2, -0.15) is 0 Å². The summed E-state index contributed by atoms with van der Waals surface area (Å²) in [6.45, 7) is 9.59. The molecule has 0 aliphatic heterocycles. The predicted octanol–water partition coefficient (Wildman–Crippen LogP) is 5.90. The van der Waals surface area contributed by atoms with E-state index in [9.17, 15) is 4.79 Å². The number of rotatable bonds is 15. The molecular weight excluding hydrogens is 366 g/mol. The van der Waals surface area contributed by atoms with Gasteiger partial charge in [0.25, 0.3) is 0 Å². The Balaban J connectivity index is 2.02. The van der Waals surface area contributed by atoms with Gasteiger partial charge < -0.3 is 19.5 Å². The van der Waals surface area contributed by atoms with Crippen LogP contribution in [0, 0.1) is 0 Å². The van der Waals surface area contributed by atoms with E-state index in [-0.39, 0.29) is 0 Å². The molecule has 1 N–H and O–H groups in total. The average molecular weight is 408 g/mol. The number of benzene rings is 1. The monoisotopic (exact) mass is 407 g/mol. The Hall–Kier alpha value is -1.75. The van der Waals surface area contributed by atoms with Crippen LogP contribution in [0.3, 0.4) is 0 Å². The zero-order valence-corrected chi connectivity index (χ0v) is 18.9. The van der Waals surface area contributed by atoms with Crippen LogP contribution in [0.4, 0.5) is 4.79 Å². The summed E-state index contributed by atoms with van der Waals surface area (Å²) < 4.78 is 16.3. The van der Waals surface area contributed by atoms with Crippen molar-refractivity contribution >= 4 is 6.09 Å². The first kappa shape index (κ1) is 25.3. The Bertz CT molecular complexity index is 537. The molecule has 0 spiro atoms. The third kappa shape index (κ3) is 14.8. The standard InChI is InChI=1S/C24H41NO4/c1-5-6-7-8-9-10-11-12-21-13-15-22(16-14-21)28-20-19-27-18-17-25-23(26)29-24(2,3)4/h13-16H,5-12,17-20H2,1-4H3,(H,25,26). The molecule has 29 heavy (non-hydrogen) atoms. The normalized spacial score (nSPS) is 11.3. The number of ether oxygens (including phenoxy) is 3. The fraction of sp³-hybridized carbons (Fsp3) is 0.708. The second kappa shape index (κ2) is 15.1. The van der Waals surface area contributed by atoms with Gasteiger partial charge in [0, 0.05) is 6.54 Å². The van der Waals surface area contributed by atoms with Crippen molar-refractivity contribution in [2.24, 2.45) is 0 Å². The van der Waals surface area contributed by atoms with E-state index in [1.54, 1.807) is 0 Å². The summed E-state index contributed by atoms with van der Waals surface area (Å²) in [6.07, 6.45) is 10.1. The topological polar surface area (TPSA) is 56.8 Å². The number of hydrogen-bond acceptors (Lipinski definition) is 4. The van der Waals surface area contributed by atoms with E-state index >= 15 is 0 Å². The Morgan fingerprint density at radius 2 is 1.55 bits per heavy atom. The number of amides is 1. The highest BCUT2D eigenvalue weighted by atomic mass is 16.6. The summed E-state index contributed by atoms with van der Waals surface area (Å²) in [5, 5.41) is 2.66. The van der Waals surface area contributed by atoms with Crippen molar-refractivity contribution in [3.05, 3.63) is 29.8 Å². The SMILES string of the molecule is CCCCCCCCCc1ccc(OCCOCCNC(=O)OC(C)(C)C)cc1. The molecule has 0 fully saturated rings. The van der Waals surface area contributed by atoms with Crippen LogP contribution in [0.1, 0.15) is 78.2 Å². The molecule has 0 atom stereocenters. The van der Waals surface area contributed by atoms with Gasteiger partial charge in [-0.1, -0.05) is 57.6 Å². The highest BCUT2D eigenvalue weighted by Crippen LogP contribution is 2.15. The van der Waals surface area contributed by atoms with Crippen LogP contribution < -0.4 is 10.1 Å². The maximum absolute atomic E-state index is 11.5. The van der Waals surface area contributed by atoms with Crippen molar-refractivity contribution < 1.29 is 19.0 Å². The lowest BCUT2D eigenvalue weighted by Crippen LogP contribution is -2.34. The minimum absolute atomic E-state index is 0.419. The zero-order chi connectivity index (χ0) is 21.4. The van der Waals surface area contributed by atoms with Gasteiger partial charge in [0.1, 0.15) is 18.0 Å². The van der Waals surface area contributed by atoms with Crippen molar-refractivity contribution in [2.45, 2.75) is 84.7 Å². The lowest BCUT2D eigenvalue weighted by atomic mass is 10.0.